The highest BCUT2D eigenvalue weighted by Crippen LogP contribution is 2.25. The van der Waals surface area contributed by atoms with Gasteiger partial charge in [0.15, 0.2) is 5.75 Å². The van der Waals surface area contributed by atoms with Gasteiger partial charge in [-0.3, -0.25) is 14.9 Å². The lowest BCUT2D eigenvalue weighted by Crippen LogP contribution is -2.40. The molecule has 2 rings (SSSR count). The summed E-state index contributed by atoms with van der Waals surface area (Å²) in [4.78, 5) is 22.2. The van der Waals surface area contributed by atoms with E-state index in [0.29, 0.717) is 0 Å². The summed E-state index contributed by atoms with van der Waals surface area (Å²) < 4.78 is 5.35. The second kappa shape index (κ2) is 9.32. The lowest BCUT2D eigenvalue weighted by atomic mass is 9.92. The van der Waals surface area contributed by atoms with Crippen LogP contribution in [0.3, 0.4) is 0 Å². The number of rotatable bonds is 6. The van der Waals surface area contributed by atoms with E-state index in [1.165, 1.54) is 12.1 Å². The van der Waals surface area contributed by atoms with Crippen molar-refractivity contribution in [3.8, 4) is 5.75 Å². The molecule has 7 nitrogen and oxygen atoms in total. The monoisotopic (exact) mass is 343 g/mol. The van der Waals surface area contributed by atoms with Crippen molar-refractivity contribution in [3.63, 3.8) is 0 Å². The normalized spacial score (nSPS) is 20.2. The molecule has 0 aliphatic heterocycles. The molecule has 1 saturated carbocycles. The van der Waals surface area contributed by atoms with E-state index in [9.17, 15) is 14.9 Å². The number of hydrogen-bond acceptors (Lipinski definition) is 5. The highest BCUT2D eigenvalue weighted by molar-refractivity contribution is 5.85. The van der Waals surface area contributed by atoms with Crippen LogP contribution in [0.1, 0.15) is 32.1 Å². The van der Waals surface area contributed by atoms with Crippen molar-refractivity contribution in [2.45, 2.75) is 44.2 Å². The first-order chi connectivity index (χ1) is 10.6. The molecule has 1 fully saturated rings. The number of nitro groups is 1. The van der Waals surface area contributed by atoms with E-state index < -0.39 is 4.92 Å². The van der Waals surface area contributed by atoms with Crippen LogP contribution < -0.4 is 15.8 Å². The molecular formula is C15H22ClN3O4. The number of benzene rings is 1. The molecule has 0 bridgehead atoms. The summed E-state index contributed by atoms with van der Waals surface area (Å²) in [6.45, 7) is 0.114. The Hall–Kier alpha value is -1.86. The Morgan fingerprint density at radius 1 is 1.30 bits per heavy atom. The lowest BCUT2D eigenvalue weighted by molar-refractivity contribution is -0.385. The van der Waals surface area contributed by atoms with Gasteiger partial charge in [0.2, 0.25) is 5.91 Å². The van der Waals surface area contributed by atoms with Gasteiger partial charge in [0, 0.05) is 18.2 Å². The number of nitrogens with two attached hydrogens (primary N) is 1. The Morgan fingerprint density at radius 3 is 2.61 bits per heavy atom. The van der Waals surface area contributed by atoms with Gasteiger partial charge in [-0.2, -0.15) is 0 Å². The minimum atomic E-state index is -0.499. The van der Waals surface area contributed by atoms with E-state index in [2.05, 4.69) is 5.32 Å². The number of carbonyl (C=O) groups excluding carboxylic acids is 1. The summed E-state index contributed by atoms with van der Waals surface area (Å²) in [6.07, 6.45) is 3.83. The Morgan fingerprint density at radius 2 is 1.96 bits per heavy atom. The Kier molecular flexibility index (Phi) is 7.77. The number of para-hydroxylation sites is 2. The van der Waals surface area contributed by atoms with Crippen LogP contribution in [-0.2, 0) is 4.79 Å². The number of amides is 1. The van der Waals surface area contributed by atoms with Gasteiger partial charge in [-0.1, -0.05) is 12.1 Å². The molecule has 128 valence electrons. The van der Waals surface area contributed by atoms with Crippen molar-refractivity contribution in [1.82, 2.24) is 5.32 Å². The molecule has 0 radical (unpaired) electrons. The molecule has 8 heteroatoms. The van der Waals surface area contributed by atoms with Crippen molar-refractivity contribution >= 4 is 24.0 Å². The molecule has 1 aromatic rings. The molecule has 1 aliphatic carbocycles. The van der Waals surface area contributed by atoms with Crippen LogP contribution in [0.15, 0.2) is 24.3 Å². The highest BCUT2D eigenvalue weighted by Gasteiger charge is 2.20. The molecular weight excluding hydrogens is 322 g/mol. The molecule has 0 heterocycles. The van der Waals surface area contributed by atoms with E-state index in [-0.39, 0.29) is 54.9 Å². The number of hydrogen-bond donors (Lipinski definition) is 2. The quantitative estimate of drug-likeness (QED) is 0.608. The third-order valence-corrected chi connectivity index (χ3v) is 3.79. The summed E-state index contributed by atoms with van der Waals surface area (Å²) in [6, 6.07) is 6.56. The van der Waals surface area contributed by atoms with Gasteiger partial charge in [-0.05, 0) is 31.7 Å². The van der Waals surface area contributed by atoms with Crippen LogP contribution in [0.5, 0.6) is 5.75 Å². The molecule has 0 saturated heterocycles. The first-order valence-electron chi connectivity index (χ1n) is 7.47. The zero-order valence-electron chi connectivity index (χ0n) is 12.8. The minimum Gasteiger partial charge on any atom is -0.486 e. The first-order valence-corrected chi connectivity index (χ1v) is 7.47. The predicted octanol–water partition coefficient (Wildman–Crippen LogP) is 2.17. The van der Waals surface area contributed by atoms with E-state index >= 15 is 0 Å². The largest absolute Gasteiger partial charge is 0.486 e. The minimum absolute atomic E-state index is 0. The number of carbonyl (C=O) groups is 1. The molecule has 1 aromatic carbocycles. The van der Waals surface area contributed by atoms with Crippen molar-refractivity contribution in [1.29, 1.82) is 0 Å². The maximum atomic E-state index is 11.8. The van der Waals surface area contributed by atoms with Crippen LogP contribution >= 0.6 is 12.4 Å². The molecule has 0 unspecified atom stereocenters. The number of halogens is 1. The van der Waals surface area contributed by atoms with E-state index in [4.69, 9.17) is 10.5 Å². The summed E-state index contributed by atoms with van der Waals surface area (Å²) in [5, 5.41) is 13.8. The first kappa shape index (κ1) is 19.2. The van der Waals surface area contributed by atoms with Crippen LogP contribution in [0.4, 0.5) is 5.69 Å². The highest BCUT2D eigenvalue weighted by atomic mass is 35.5. The molecule has 1 aliphatic rings. The van der Waals surface area contributed by atoms with Crippen LogP contribution in [0.25, 0.3) is 0 Å². The van der Waals surface area contributed by atoms with Gasteiger partial charge in [-0.25, -0.2) is 0 Å². The summed E-state index contributed by atoms with van der Waals surface area (Å²) >= 11 is 0. The fourth-order valence-electron chi connectivity index (χ4n) is 2.55. The van der Waals surface area contributed by atoms with Crippen molar-refractivity contribution in [2.24, 2.45) is 5.73 Å². The average Bonchev–Trinajstić information content (AvgIpc) is 2.50. The van der Waals surface area contributed by atoms with Crippen molar-refractivity contribution in [3.05, 3.63) is 34.4 Å². The number of nitro benzene ring substituents is 1. The third-order valence-electron chi connectivity index (χ3n) is 3.79. The molecule has 0 aromatic heterocycles. The van der Waals surface area contributed by atoms with E-state index in [0.717, 1.165) is 25.7 Å². The second-order valence-corrected chi connectivity index (χ2v) is 5.50. The molecule has 1 amide bonds. The number of nitrogens with one attached hydrogen (secondary N) is 1. The second-order valence-electron chi connectivity index (χ2n) is 5.50. The molecule has 23 heavy (non-hydrogen) atoms. The Labute approximate surface area is 141 Å². The van der Waals surface area contributed by atoms with Crippen molar-refractivity contribution < 1.29 is 14.5 Å². The van der Waals surface area contributed by atoms with E-state index in [1.807, 2.05) is 0 Å². The predicted molar refractivity (Wildman–Crippen MR) is 88.8 cm³/mol. The van der Waals surface area contributed by atoms with Gasteiger partial charge in [-0.15, -0.1) is 12.4 Å². The standard InChI is InChI=1S/C15H21N3O4.ClH/c16-11-5-7-12(8-6-11)17-15(19)9-10-22-14-4-2-1-3-13(14)18(20)21;/h1-4,11-12H,5-10,16H2,(H,17,19);1H. The van der Waals surface area contributed by atoms with Gasteiger partial charge in [0.1, 0.15) is 0 Å². The van der Waals surface area contributed by atoms with Gasteiger partial charge in [0.05, 0.1) is 18.0 Å². The fraction of sp³-hybridized carbons (Fsp3) is 0.533. The SMILES string of the molecule is Cl.NC1CCC(NC(=O)CCOc2ccccc2[N+](=O)[O-])CC1. The van der Waals surface area contributed by atoms with E-state index in [1.54, 1.807) is 12.1 Å². The zero-order valence-corrected chi connectivity index (χ0v) is 13.6. The average molecular weight is 344 g/mol. The summed E-state index contributed by atoms with van der Waals surface area (Å²) in [7, 11) is 0. The molecule has 0 atom stereocenters. The lowest BCUT2D eigenvalue weighted by Gasteiger charge is -2.26. The maximum Gasteiger partial charge on any atom is 0.310 e. The fourth-order valence-corrected chi connectivity index (χ4v) is 2.55. The van der Waals surface area contributed by atoms with Crippen LogP contribution in [0.2, 0.25) is 0 Å². The summed E-state index contributed by atoms with van der Waals surface area (Å²) in [5.74, 6) is 0.0861. The van der Waals surface area contributed by atoms with Gasteiger partial charge in [0.25, 0.3) is 0 Å². The van der Waals surface area contributed by atoms with Gasteiger partial charge < -0.3 is 15.8 Å². The Bertz CT molecular complexity index is 533. The zero-order chi connectivity index (χ0) is 15.9. The van der Waals surface area contributed by atoms with Crippen molar-refractivity contribution in [2.75, 3.05) is 6.61 Å². The molecule has 3 N–H and O–H groups in total. The van der Waals surface area contributed by atoms with Gasteiger partial charge >= 0.3 is 5.69 Å². The third kappa shape index (κ3) is 6.03. The van der Waals surface area contributed by atoms with Crippen LogP contribution in [0, 0.1) is 10.1 Å². The topological polar surface area (TPSA) is 107 Å². The van der Waals surface area contributed by atoms with Crippen LogP contribution in [-0.4, -0.2) is 29.5 Å². The summed E-state index contributed by atoms with van der Waals surface area (Å²) in [5.41, 5.74) is 5.73. The molecule has 0 spiro atoms. The smallest absolute Gasteiger partial charge is 0.310 e. The number of ether oxygens (including phenoxy) is 1. The number of nitrogens with zero attached hydrogens (tertiary/aromatic N) is 1. The maximum absolute atomic E-state index is 11.8. The Balaban J connectivity index is 0.00000264.